The van der Waals surface area contributed by atoms with E-state index in [4.69, 9.17) is 9.97 Å². The second-order valence-electron chi connectivity index (χ2n) is 6.85. The Hall–Kier alpha value is -3.44. The fourth-order valence-corrected chi connectivity index (χ4v) is 4.25. The highest BCUT2D eigenvalue weighted by molar-refractivity contribution is 7.00. The monoisotopic (exact) mass is 394 g/mol. The SMILES string of the molecule is C/C=C/c1c2nsnc2c(C)c2nc(-c3ccccc3)c(-c3ccccc3)nc12. The van der Waals surface area contributed by atoms with Crippen molar-refractivity contribution in [1.82, 2.24) is 18.7 Å². The van der Waals surface area contributed by atoms with Crippen molar-refractivity contribution < 1.29 is 0 Å². The molecule has 0 aliphatic heterocycles. The average Bonchev–Trinajstić information content (AvgIpc) is 3.27. The Morgan fingerprint density at radius 1 is 0.690 bits per heavy atom. The average molecular weight is 395 g/mol. The standard InChI is InChI=1S/C24H18N4S/c1-3-10-18-23-19(15(2)20-24(18)28-29-27-20)25-21(16-11-6-4-7-12-16)22(26-23)17-13-8-5-9-14-17/h3-14H,1-2H3/b10-3+. The third-order valence-corrected chi connectivity index (χ3v) is 5.56. The zero-order valence-corrected chi connectivity index (χ0v) is 16.9. The summed E-state index contributed by atoms with van der Waals surface area (Å²) in [4.78, 5) is 10.3. The Kier molecular flexibility index (Phi) is 4.37. The molecule has 0 unspecified atom stereocenters. The van der Waals surface area contributed by atoms with Crippen LogP contribution in [0, 0.1) is 6.92 Å². The third kappa shape index (κ3) is 2.91. The topological polar surface area (TPSA) is 51.6 Å². The first kappa shape index (κ1) is 17.6. The summed E-state index contributed by atoms with van der Waals surface area (Å²) >= 11 is 1.23. The van der Waals surface area contributed by atoms with Gasteiger partial charge in [-0.3, -0.25) is 0 Å². The Morgan fingerprint density at radius 3 is 1.83 bits per heavy atom. The van der Waals surface area contributed by atoms with Gasteiger partial charge < -0.3 is 0 Å². The summed E-state index contributed by atoms with van der Waals surface area (Å²) in [5, 5.41) is 0. The fourth-order valence-electron chi connectivity index (χ4n) is 3.64. The van der Waals surface area contributed by atoms with E-state index < -0.39 is 0 Å². The molecule has 0 amide bonds. The number of rotatable bonds is 3. The molecule has 4 nitrogen and oxygen atoms in total. The van der Waals surface area contributed by atoms with Crippen LogP contribution in [-0.4, -0.2) is 18.7 Å². The van der Waals surface area contributed by atoms with E-state index in [0.717, 1.165) is 55.7 Å². The summed E-state index contributed by atoms with van der Waals surface area (Å²) < 4.78 is 9.07. The number of benzene rings is 3. The lowest BCUT2D eigenvalue weighted by Crippen LogP contribution is -1.99. The lowest BCUT2D eigenvalue weighted by atomic mass is 10.0. The smallest absolute Gasteiger partial charge is 0.114 e. The summed E-state index contributed by atoms with van der Waals surface area (Å²) in [7, 11) is 0. The molecule has 0 bridgehead atoms. The van der Waals surface area contributed by atoms with E-state index in [2.05, 4.69) is 46.0 Å². The number of nitrogens with zero attached hydrogens (tertiary/aromatic N) is 4. The molecule has 29 heavy (non-hydrogen) atoms. The van der Waals surface area contributed by atoms with Crippen LogP contribution in [0.3, 0.4) is 0 Å². The normalized spacial score (nSPS) is 11.7. The molecule has 140 valence electrons. The van der Waals surface area contributed by atoms with E-state index in [1.165, 1.54) is 11.7 Å². The predicted octanol–water partition coefficient (Wildman–Crippen LogP) is 6.31. The number of hydrogen-bond donors (Lipinski definition) is 0. The van der Waals surface area contributed by atoms with Gasteiger partial charge in [0.2, 0.25) is 0 Å². The maximum absolute atomic E-state index is 5.15. The first-order chi connectivity index (χ1) is 14.3. The molecule has 2 heterocycles. The van der Waals surface area contributed by atoms with Gasteiger partial charge in [0.25, 0.3) is 0 Å². The molecule has 0 atom stereocenters. The number of allylic oxidation sites excluding steroid dienone is 1. The van der Waals surface area contributed by atoms with Crippen LogP contribution >= 0.6 is 11.7 Å². The van der Waals surface area contributed by atoms with Crippen molar-refractivity contribution in [3.05, 3.63) is 77.9 Å². The van der Waals surface area contributed by atoms with E-state index in [9.17, 15) is 0 Å². The van der Waals surface area contributed by atoms with Gasteiger partial charge in [-0.15, -0.1) is 0 Å². The van der Waals surface area contributed by atoms with Crippen molar-refractivity contribution in [2.45, 2.75) is 13.8 Å². The van der Waals surface area contributed by atoms with Gasteiger partial charge in [-0.25, -0.2) is 9.97 Å². The van der Waals surface area contributed by atoms with Crippen LogP contribution in [0.15, 0.2) is 66.7 Å². The molecule has 5 rings (SSSR count). The van der Waals surface area contributed by atoms with Gasteiger partial charge >= 0.3 is 0 Å². The molecule has 0 aliphatic rings. The highest BCUT2D eigenvalue weighted by Gasteiger charge is 2.20. The summed E-state index contributed by atoms with van der Waals surface area (Å²) in [6.45, 7) is 4.05. The fraction of sp³-hybridized carbons (Fsp3) is 0.0833. The van der Waals surface area contributed by atoms with Crippen LogP contribution in [-0.2, 0) is 0 Å². The van der Waals surface area contributed by atoms with E-state index in [1.54, 1.807) is 0 Å². The summed E-state index contributed by atoms with van der Waals surface area (Å²) in [5.41, 5.74) is 9.35. The Bertz CT molecular complexity index is 1360. The van der Waals surface area contributed by atoms with Gasteiger partial charge in [-0.05, 0) is 13.8 Å². The van der Waals surface area contributed by atoms with Crippen molar-refractivity contribution in [2.24, 2.45) is 0 Å². The molecule has 5 aromatic rings. The Balaban J connectivity index is 1.96. The van der Waals surface area contributed by atoms with E-state index >= 15 is 0 Å². The van der Waals surface area contributed by atoms with Gasteiger partial charge in [0.15, 0.2) is 0 Å². The quantitative estimate of drug-likeness (QED) is 0.360. The van der Waals surface area contributed by atoms with Crippen molar-refractivity contribution in [1.29, 1.82) is 0 Å². The zero-order valence-electron chi connectivity index (χ0n) is 16.1. The Morgan fingerprint density at radius 2 is 1.24 bits per heavy atom. The summed E-state index contributed by atoms with van der Waals surface area (Å²) in [5.74, 6) is 0. The van der Waals surface area contributed by atoms with E-state index in [-0.39, 0.29) is 0 Å². The van der Waals surface area contributed by atoms with Crippen molar-refractivity contribution in [3.8, 4) is 22.5 Å². The summed E-state index contributed by atoms with van der Waals surface area (Å²) in [6.07, 6.45) is 4.06. The highest BCUT2D eigenvalue weighted by Crippen LogP contribution is 2.36. The molecule has 0 aliphatic carbocycles. The first-order valence-corrected chi connectivity index (χ1v) is 10.2. The first-order valence-electron chi connectivity index (χ1n) is 9.48. The maximum Gasteiger partial charge on any atom is 0.114 e. The molecule has 0 saturated carbocycles. The highest BCUT2D eigenvalue weighted by atomic mass is 32.1. The summed E-state index contributed by atoms with van der Waals surface area (Å²) in [6, 6.07) is 20.5. The molecule has 5 heteroatoms. The van der Waals surface area contributed by atoms with E-state index in [1.807, 2.05) is 49.4 Å². The van der Waals surface area contributed by atoms with Gasteiger partial charge in [-0.1, -0.05) is 72.8 Å². The second kappa shape index (κ2) is 7.18. The Labute approximate surface area is 172 Å². The molecular weight excluding hydrogens is 376 g/mol. The molecule has 0 radical (unpaired) electrons. The third-order valence-electron chi connectivity index (χ3n) is 5.03. The lowest BCUT2D eigenvalue weighted by molar-refractivity contribution is 1.28. The number of aryl methyl sites for hydroxylation is 1. The minimum absolute atomic E-state index is 0.860. The largest absolute Gasteiger partial charge is 0.243 e. The van der Waals surface area contributed by atoms with Crippen LogP contribution in [0.25, 0.3) is 50.7 Å². The molecule has 0 N–H and O–H groups in total. The molecule has 0 spiro atoms. The molecule has 0 saturated heterocycles. The number of fused-ring (bicyclic) bond motifs is 2. The second-order valence-corrected chi connectivity index (χ2v) is 7.38. The molecular formula is C24H18N4S. The van der Waals surface area contributed by atoms with Crippen LogP contribution in [0.1, 0.15) is 18.1 Å². The lowest BCUT2D eigenvalue weighted by Gasteiger charge is -2.13. The number of aromatic nitrogens is 4. The number of hydrogen-bond acceptors (Lipinski definition) is 5. The van der Waals surface area contributed by atoms with Crippen molar-refractivity contribution in [3.63, 3.8) is 0 Å². The van der Waals surface area contributed by atoms with Crippen LogP contribution < -0.4 is 0 Å². The van der Waals surface area contributed by atoms with Gasteiger partial charge in [0.1, 0.15) is 11.0 Å². The van der Waals surface area contributed by atoms with E-state index in [0.29, 0.717) is 0 Å². The molecule has 0 fully saturated rings. The molecule has 2 aromatic heterocycles. The van der Waals surface area contributed by atoms with Crippen LogP contribution in [0.4, 0.5) is 0 Å². The minimum Gasteiger partial charge on any atom is -0.243 e. The van der Waals surface area contributed by atoms with Crippen LogP contribution in [0.5, 0.6) is 0 Å². The zero-order chi connectivity index (χ0) is 19.8. The van der Waals surface area contributed by atoms with Gasteiger partial charge in [0, 0.05) is 22.3 Å². The maximum atomic E-state index is 5.15. The van der Waals surface area contributed by atoms with Gasteiger partial charge in [-0.2, -0.15) is 8.75 Å². The van der Waals surface area contributed by atoms with Crippen molar-refractivity contribution >= 4 is 39.9 Å². The predicted molar refractivity (Wildman–Crippen MR) is 121 cm³/mol. The van der Waals surface area contributed by atoms with Gasteiger partial charge in [0.05, 0.1) is 34.1 Å². The molecule has 3 aromatic carbocycles. The van der Waals surface area contributed by atoms with Crippen LogP contribution in [0.2, 0.25) is 0 Å². The minimum atomic E-state index is 0.860. The van der Waals surface area contributed by atoms with Crippen molar-refractivity contribution in [2.75, 3.05) is 0 Å².